The fourth-order valence-electron chi connectivity index (χ4n) is 0.711. The van der Waals surface area contributed by atoms with Crippen molar-refractivity contribution in [2.24, 2.45) is 0 Å². The van der Waals surface area contributed by atoms with Crippen molar-refractivity contribution in [3.63, 3.8) is 0 Å². The first-order chi connectivity index (χ1) is 6.16. The molecular weight excluding hydrogens is 322 g/mol. The highest BCUT2D eigenvalue weighted by atomic mass is 79.9. The number of nitrogens with zero attached hydrogens (tertiary/aromatic N) is 1. The Bertz CT molecular complexity index is 315. The number of carbonyl (C=O) groups is 1. The summed E-state index contributed by atoms with van der Waals surface area (Å²) in [4.78, 5) is 11.4. The number of aromatic amines is 1. The molecule has 1 amide bonds. The topological polar surface area (TPSA) is 57.8 Å². The van der Waals surface area contributed by atoms with Gasteiger partial charge in [0.05, 0.1) is 4.47 Å². The SMILES string of the molecule is O=C(NCCS)c1n[nH]c(Br)c1Br. The number of thiol groups is 1. The highest BCUT2D eigenvalue weighted by Crippen LogP contribution is 2.23. The van der Waals surface area contributed by atoms with E-state index in [0.29, 0.717) is 27.1 Å². The van der Waals surface area contributed by atoms with Crippen LogP contribution in [0.1, 0.15) is 10.5 Å². The maximum absolute atomic E-state index is 11.4. The predicted molar refractivity (Wildman–Crippen MR) is 60.2 cm³/mol. The fourth-order valence-corrected chi connectivity index (χ4v) is 1.46. The lowest BCUT2D eigenvalue weighted by Crippen LogP contribution is -2.25. The van der Waals surface area contributed by atoms with E-state index in [1.165, 1.54) is 0 Å². The van der Waals surface area contributed by atoms with Gasteiger partial charge in [-0.15, -0.1) is 0 Å². The molecule has 1 heterocycles. The van der Waals surface area contributed by atoms with Gasteiger partial charge in [0.2, 0.25) is 0 Å². The lowest BCUT2D eigenvalue weighted by molar-refractivity contribution is 0.0950. The summed E-state index contributed by atoms with van der Waals surface area (Å²) < 4.78 is 1.28. The van der Waals surface area contributed by atoms with Crippen LogP contribution in [0.2, 0.25) is 0 Å². The fraction of sp³-hybridized carbons (Fsp3) is 0.333. The van der Waals surface area contributed by atoms with Crippen LogP contribution in [0.4, 0.5) is 0 Å². The van der Waals surface area contributed by atoms with Crippen molar-refractivity contribution in [1.29, 1.82) is 0 Å². The number of aromatic nitrogens is 2. The molecule has 1 aromatic heterocycles. The Balaban J connectivity index is 2.71. The van der Waals surface area contributed by atoms with Gasteiger partial charge in [0, 0.05) is 12.3 Å². The molecule has 4 nitrogen and oxygen atoms in total. The summed E-state index contributed by atoms with van der Waals surface area (Å²) >= 11 is 10.4. The normalized spacial score (nSPS) is 10.1. The van der Waals surface area contributed by atoms with E-state index in [0.717, 1.165) is 0 Å². The number of carbonyl (C=O) groups excluding carboxylic acids is 1. The summed E-state index contributed by atoms with van der Waals surface area (Å²) in [6.07, 6.45) is 0. The van der Waals surface area contributed by atoms with E-state index < -0.39 is 0 Å². The largest absolute Gasteiger partial charge is 0.350 e. The first-order valence-electron chi connectivity index (χ1n) is 3.45. The molecule has 0 aliphatic carbocycles. The zero-order chi connectivity index (χ0) is 9.84. The Morgan fingerprint density at radius 1 is 1.62 bits per heavy atom. The molecule has 0 aliphatic heterocycles. The molecule has 0 radical (unpaired) electrons. The number of halogens is 2. The van der Waals surface area contributed by atoms with Gasteiger partial charge in [0.1, 0.15) is 4.60 Å². The maximum atomic E-state index is 11.4. The molecule has 0 saturated carbocycles. The summed E-state index contributed by atoms with van der Waals surface area (Å²) in [6, 6.07) is 0. The Morgan fingerprint density at radius 3 is 2.77 bits per heavy atom. The molecule has 0 aliphatic rings. The van der Waals surface area contributed by atoms with Crippen LogP contribution in [-0.2, 0) is 0 Å². The summed E-state index contributed by atoms with van der Waals surface area (Å²) in [5.41, 5.74) is 0.341. The zero-order valence-electron chi connectivity index (χ0n) is 6.47. The van der Waals surface area contributed by atoms with Crippen LogP contribution in [0.5, 0.6) is 0 Å². The Labute approximate surface area is 97.5 Å². The molecule has 1 rings (SSSR count). The van der Waals surface area contributed by atoms with Gasteiger partial charge in [-0.05, 0) is 31.9 Å². The van der Waals surface area contributed by atoms with Crippen LogP contribution < -0.4 is 5.32 Å². The van der Waals surface area contributed by atoms with Crippen molar-refractivity contribution < 1.29 is 4.79 Å². The van der Waals surface area contributed by atoms with E-state index >= 15 is 0 Å². The molecule has 0 unspecified atom stereocenters. The number of amides is 1. The van der Waals surface area contributed by atoms with E-state index in [2.05, 4.69) is 60.0 Å². The van der Waals surface area contributed by atoms with Crippen LogP contribution in [0.25, 0.3) is 0 Å². The molecule has 2 N–H and O–H groups in total. The van der Waals surface area contributed by atoms with Crippen LogP contribution in [0, 0.1) is 0 Å². The molecule has 7 heteroatoms. The van der Waals surface area contributed by atoms with E-state index in [1.807, 2.05) is 0 Å². The summed E-state index contributed by atoms with van der Waals surface area (Å²) in [5, 5.41) is 9.10. The summed E-state index contributed by atoms with van der Waals surface area (Å²) in [5.74, 6) is 0.387. The molecule has 0 saturated heterocycles. The quantitative estimate of drug-likeness (QED) is 0.738. The lowest BCUT2D eigenvalue weighted by atomic mass is 10.4. The molecule has 0 bridgehead atoms. The van der Waals surface area contributed by atoms with Crippen molar-refractivity contribution in [2.75, 3.05) is 12.3 Å². The average molecular weight is 329 g/mol. The first-order valence-corrected chi connectivity index (χ1v) is 5.67. The van der Waals surface area contributed by atoms with Gasteiger partial charge in [0.15, 0.2) is 5.69 Å². The van der Waals surface area contributed by atoms with Gasteiger partial charge in [-0.2, -0.15) is 17.7 Å². The maximum Gasteiger partial charge on any atom is 0.273 e. The van der Waals surface area contributed by atoms with Crippen molar-refractivity contribution in [3.8, 4) is 0 Å². The van der Waals surface area contributed by atoms with Crippen LogP contribution >= 0.6 is 44.5 Å². The minimum absolute atomic E-state index is 0.220. The Morgan fingerprint density at radius 2 is 2.31 bits per heavy atom. The second kappa shape index (κ2) is 5.02. The smallest absolute Gasteiger partial charge is 0.273 e. The van der Waals surface area contributed by atoms with Crippen molar-refractivity contribution >= 4 is 50.4 Å². The highest BCUT2D eigenvalue weighted by molar-refractivity contribution is 9.13. The third-order valence-electron chi connectivity index (χ3n) is 1.28. The minimum Gasteiger partial charge on any atom is -0.350 e. The second-order valence-electron chi connectivity index (χ2n) is 2.18. The highest BCUT2D eigenvalue weighted by Gasteiger charge is 2.15. The van der Waals surface area contributed by atoms with Crippen molar-refractivity contribution in [2.45, 2.75) is 0 Å². The average Bonchev–Trinajstić information content (AvgIpc) is 2.44. The van der Waals surface area contributed by atoms with Gasteiger partial charge in [-0.3, -0.25) is 9.89 Å². The van der Waals surface area contributed by atoms with Crippen molar-refractivity contribution in [1.82, 2.24) is 15.5 Å². The monoisotopic (exact) mass is 327 g/mol. The van der Waals surface area contributed by atoms with Gasteiger partial charge in [-0.1, -0.05) is 0 Å². The van der Waals surface area contributed by atoms with E-state index in [-0.39, 0.29) is 5.91 Å². The summed E-state index contributed by atoms with van der Waals surface area (Å²) in [7, 11) is 0. The van der Waals surface area contributed by atoms with Gasteiger partial charge >= 0.3 is 0 Å². The minimum atomic E-state index is -0.220. The van der Waals surface area contributed by atoms with E-state index in [4.69, 9.17) is 0 Å². The predicted octanol–water partition coefficient (Wildman–Crippen LogP) is 1.59. The van der Waals surface area contributed by atoms with Gasteiger partial charge in [-0.25, -0.2) is 0 Å². The van der Waals surface area contributed by atoms with Crippen LogP contribution in [0.3, 0.4) is 0 Å². The zero-order valence-corrected chi connectivity index (χ0v) is 10.5. The van der Waals surface area contributed by atoms with Crippen molar-refractivity contribution in [3.05, 3.63) is 14.8 Å². The molecule has 0 aromatic carbocycles. The number of hydrogen-bond acceptors (Lipinski definition) is 3. The van der Waals surface area contributed by atoms with E-state index in [1.54, 1.807) is 0 Å². The van der Waals surface area contributed by atoms with Gasteiger partial charge in [0.25, 0.3) is 5.91 Å². The van der Waals surface area contributed by atoms with Crippen LogP contribution in [0.15, 0.2) is 9.08 Å². The molecule has 72 valence electrons. The van der Waals surface area contributed by atoms with Gasteiger partial charge < -0.3 is 5.32 Å². The number of nitrogens with one attached hydrogen (secondary N) is 2. The lowest BCUT2D eigenvalue weighted by Gasteiger charge is -1.99. The molecule has 0 atom stereocenters. The molecular formula is C6H7Br2N3OS. The first kappa shape index (κ1) is 11.1. The molecule has 0 fully saturated rings. The molecule has 13 heavy (non-hydrogen) atoms. The van der Waals surface area contributed by atoms with E-state index in [9.17, 15) is 4.79 Å². The molecule has 0 spiro atoms. The number of H-pyrrole nitrogens is 1. The standard InChI is InChI=1S/C6H7Br2N3OS/c7-3-4(10-11-5(3)8)6(12)9-1-2-13/h13H,1-2H2,(H,9,12)(H,10,11). The second-order valence-corrected chi connectivity index (χ2v) is 4.21. The Kier molecular flexibility index (Phi) is 4.27. The van der Waals surface area contributed by atoms with Crippen LogP contribution in [-0.4, -0.2) is 28.4 Å². The molecule has 1 aromatic rings. The third kappa shape index (κ3) is 2.72. The number of rotatable bonds is 3. The third-order valence-corrected chi connectivity index (χ3v) is 3.38. The Hall–Kier alpha value is -0.0100. The summed E-state index contributed by atoms with van der Waals surface area (Å²) in [6.45, 7) is 0.527. The number of hydrogen-bond donors (Lipinski definition) is 3.